The molecule has 1 N–H and O–H groups in total. The number of aromatic nitrogens is 1. The number of hydrogen-bond donors (Lipinski definition) is 1. The van der Waals surface area contributed by atoms with Crippen LogP contribution in [0.1, 0.15) is 21.7 Å². The molecule has 0 saturated carbocycles. The molecule has 0 spiro atoms. The number of aryl methyl sites for hydroxylation is 1. The summed E-state index contributed by atoms with van der Waals surface area (Å²) in [5.74, 6) is -0.797. The predicted octanol–water partition coefficient (Wildman–Crippen LogP) is 4.58. The van der Waals surface area contributed by atoms with E-state index in [9.17, 15) is 4.79 Å². The van der Waals surface area contributed by atoms with Crippen molar-refractivity contribution in [1.82, 2.24) is 5.16 Å². The van der Waals surface area contributed by atoms with Gasteiger partial charge in [0.1, 0.15) is 18.1 Å². The van der Waals surface area contributed by atoms with Gasteiger partial charge in [0.05, 0.1) is 5.02 Å². The molecule has 1 heterocycles. The molecule has 5 nitrogen and oxygen atoms in total. The minimum absolute atomic E-state index is 0.219. The molecule has 0 fully saturated rings. The summed E-state index contributed by atoms with van der Waals surface area (Å²) in [7, 11) is 0. The number of ether oxygens (including phenoxy) is 1. The van der Waals surface area contributed by atoms with E-state index in [-0.39, 0.29) is 5.76 Å². The summed E-state index contributed by atoms with van der Waals surface area (Å²) in [4.78, 5) is 10.9. The van der Waals surface area contributed by atoms with Gasteiger partial charge in [-0.05, 0) is 30.2 Å². The van der Waals surface area contributed by atoms with Gasteiger partial charge < -0.3 is 14.4 Å². The van der Waals surface area contributed by atoms with Crippen molar-refractivity contribution >= 4 is 17.6 Å². The highest BCUT2D eigenvalue weighted by Gasteiger charge is 2.15. The first-order valence-electron chi connectivity index (χ1n) is 7.22. The summed E-state index contributed by atoms with van der Waals surface area (Å²) in [6, 6.07) is 14.6. The molecule has 1 aromatic heterocycles. The van der Waals surface area contributed by atoms with Crippen LogP contribution in [0.4, 0.5) is 0 Å². The Balaban J connectivity index is 1.84. The van der Waals surface area contributed by atoms with E-state index in [1.165, 1.54) is 6.07 Å². The lowest BCUT2D eigenvalue weighted by molar-refractivity contribution is 0.0652. The van der Waals surface area contributed by atoms with Crippen molar-refractivity contribution in [2.45, 2.75) is 13.5 Å². The standard InChI is InChI=1S/C18H14ClNO4/c1-11-7-13(15-9-16(18(21)22)24-20-15)8-14(19)17(11)23-10-12-5-3-2-4-6-12/h2-9H,10H2,1H3,(H,21,22). The normalized spacial score (nSPS) is 10.6. The minimum Gasteiger partial charge on any atom is -0.487 e. The van der Waals surface area contributed by atoms with Gasteiger partial charge in [-0.15, -0.1) is 0 Å². The van der Waals surface area contributed by atoms with Crippen LogP contribution in [-0.2, 0) is 6.61 Å². The first-order valence-corrected chi connectivity index (χ1v) is 7.59. The summed E-state index contributed by atoms with van der Waals surface area (Å²) < 4.78 is 10.6. The monoisotopic (exact) mass is 343 g/mol. The van der Waals surface area contributed by atoms with Crippen molar-refractivity contribution in [3.63, 3.8) is 0 Å². The second-order valence-corrected chi connectivity index (χ2v) is 5.67. The number of carbonyl (C=O) groups is 1. The van der Waals surface area contributed by atoms with Crippen molar-refractivity contribution in [2.75, 3.05) is 0 Å². The van der Waals surface area contributed by atoms with Crippen LogP contribution < -0.4 is 4.74 Å². The maximum absolute atomic E-state index is 10.9. The van der Waals surface area contributed by atoms with Gasteiger partial charge in [-0.2, -0.15) is 0 Å². The average Bonchev–Trinajstić information content (AvgIpc) is 3.05. The third-order valence-electron chi connectivity index (χ3n) is 3.47. The van der Waals surface area contributed by atoms with Gasteiger partial charge in [0.15, 0.2) is 0 Å². The fourth-order valence-electron chi connectivity index (χ4n) is 2.30. The lowest BCUT2D eigenvalue weighted by Gasteiger charge is -2.12. The Morgan fingerprint density at radius 1 is 1.25 bits per heavy atom. The van der Waals surface area contributed by atoms with Gasteiger partial charge in [0.2, 0.25) is 5.76 Å². The molecule has 0 saturated heterocycles. The Hall–Kier alpha value is -2.79. The number of carboxylic acid groups (broad SMARTS) is 1. The quantitative estimate of drug-likeness (QED) is 0.734. The second kappa shape index (κ2) is 6.76. The Bertz CT molecular complexity index is 851. The fourth-order valence-corrected chi connectivity index (χ4v) is 2.62. The molecule has 0 atom stereocenters. The summed E-state index contributed by atoms with van der Waals surface area (Å²) in [5, 5.41) is 13.1. The van der Waals surface area contributed by atoms with Crippen LogP contribution >= 0.6 is 11.6 Å². The third kappa shape index (κ3) is 3.41. The van der Waals surface area contributed by atoms with E-state index in [0.717, 1.165) is 11.1 Å². The van der Waals surface area contributed by atoms with E-state index in [2.05, 4.69) is 5.16 Å². The predicted molar refractivity (Wildman–Crippen MR) is 89.4 cm³/mol. The molecule has 24 heavy (non-hydrogen) atoms. The molecule has 0 bridgehead atoms. The van der Waals surface area contributed by atoms with Gasteiger partial charge in [0.25, 0.3) is 0 Å². The maximum Gasteiger partial charge on any atom is 0.374 e. The SMILES string of the molecule is Cc1cc(-c2cc(C(=O)O)on2)cc(Cl)c1OCc1ccccc1. The van der Waals surface area contributed by atoms with Gasteiger partial charge in [-0.3, -0.25) is 0 Å². The van der Waals surface area contributed by atoms with E-state index in [0.29, 0.717) is 28.6 Å². The highest BCUT2D eigenvalue weighted by molar-refractivity contribution is 6.32. The van der Waals surface area contributed by atoms with Crippen molar-refractivity contribution in [1.29, 1.82) is 0 Å². The summed E-state index contributed by atoms with van der Waals surface area (Å²) >= 11 is 6.32. The third-order valence-corrected chi connectivity index (χ3v) is 3.75. The molecule has 2 aromatic carbocycles. The van der Waals surface area contributed by atoms with Crippen LogP contribution in [0.15, 0.2) is 53.1 Å². The zero-order valence-corrected chi connectivity index (χ0v) is 13.6. The van der Waals surface area contributed by atoms with Crippen LogP contribution in [0.3, 0.4) is 0 Å². The van der Waals surface area contributed by atoms with Crippen molar-refractivity contribution in [2.24, 2.45) is 0 Å². The topological polar surface area (TPSA) is 72.6 Å². The number of carboxylic acids is 1. The number of benzene rings is 2. The molecule has 0 unspecified atom stereocenters. The highest BCUT2D eigenvalue weighted by atomic mass is 35.5. The van der Waals surface area contributed by atoms with E-state index < -0.39 is 5.97 Å². The molecule has 0 radical (unpaired) electrons. The van der Waals surface area contributed by atoms with Crippen LogP contribution in [0, 0.1) is 6.92 Å². The van der Waals surface area contributed by atoms with E-state index in [4.69, 9.17) is 26.0 Å². The van der Waals surface area contributed by atoms with Crippen LogP contribution in [-0.4, -0.2) is 16.2 Å². The number of halogens is 1. The lowest BCUT2D eigenvalue weighted by atomic mass is 10.1. The number of hydrogen-bond acceptors (Lipinski definition) is 4. The molecular formula is C18H14ClNO4. The summed E-state index contributed by atoms with van der Waals surface area (Å²) in [5.41, 5.74) is 2.95. The smallest absolute Gasteiger partial charge is 0.374 e. The van der Waals surface area contributed by atoms with Gasteiger partial charge in [0, 0.05) is 11.6 Å². The second-order valence-electron chi connectivity index (χ2n) is 5.26. The minimum atomic E-state index is -1.17. The largest absolute Gasteiger partial charge is 0.487 e. The molecule has 0 amide bonds. The maximum atomic E-state index is 10.9. The van der Waals surface area contributed by atoms with Crippen molar-refractivity contribution in [3.8, 4) is 17.0 Å². The fraction of sp³-hybridized carbons (Fsp3) is 0.111. The van der Waals surface area contributed by atoms with E-state index in [1.54, 1.807) is 6.07 Å². The number of aromatic carboxylic acids is 1. The first-order chi connectivity index (χ1) is 11.5. The molecule has 6 heteroatoms. The average molecular weight is 344 g/mol. The van der Waals surface area contributed by atoms with Crippen molar-refractivity contribution in [3.05, 3.63) is 70.4 Å². The van der Waals surface area contributed by atoms with Crippen LogP contribution in [0.5, 0.6) is 5.75 Å². The summed E-state index contributed by atoms with van der Waals surface area (Å²) in [6.07, 6.45) is 0. The molecular weight excluding hydrogens is 330 g/mol. The lowest BCUT2D eigenvalue weighted by Crippen LogP contribution is -1.98. The van der Waals surface area contributed by atoms with Crippen molar-refractivity contribution < 1.29 is 19.2 Å². The Kier molecular flexibility index (Phi) is 4.53. The van der Waals surface area contributed by atoms with E-state index in [1.807, 2.05) is 43.3 Å². The molecule has 0 aliphatic rings. The summed E-state index contributed by atoms with van der Waals surface area (Å²) in [6.45, 7) is 2.28. The van der Waals surface area contributed by atoms with E-state index >= 15 is 0 Å². The highest BCUT2D eigenvalue weighted by Crippen LogP contribution is 2.34. The Labute approximate surface area is 143 Å². The van der Waals surface area contributed by atoms with Crippen LogP contribution in [0.25, 0.3) is 11.3 Å². The molecule has 122 valence electrons. The molecule has 3 rings (SSSR count). The van der Waals surface area contributed by atoms with Crippen LogP contribution in [0.2, 0.25) is 5.02 Å². The van der Waals surface area contributed by atoms with Gasteiger partial charge >= 0.3 is 5.97 Å². The zero-order valence-electron chi connectivity index (χ0n) is 12.8. The Morgan fingerprint density at radius 3 is 2.62 bits per heavy atom. The zero-order chi connectivity index (χ0) is 17.1. The number of nitrogens with zero attached hydrogens (tertiary/aromatic N) is 1. The first kappa shape index (κ1) is 16.1. The number of rotatable bonds is 5. The molecule has 3 aromatic rings. The Morgan fingerprint density at radius 2 is 2.00 bits per heavy atom. The van der Waals surface area contributed by atoms with Gasteiger partial charge in [-0.25, -0.2) is 4.79 Å². The van der Waals surface area contributed by atoms with Gasteiger partial charge in [-0.1, -0.05) is 47.1 Å². The molecule has 0 aliphatic heterocycles. The molecule has 0 aliphatic carbocycles.